The van der Waals surface area contributed by atoms with Crippen molar-refractivity contribution in [1.29, 1.82) is 0 Å². The number of carbonyl (C=O) groups is 2. The summed E-state index contributed by atoms with van der Waals surface area (Å²) >= 11 is 0. The molecule has 2 amide bonds. The normalized spacial score (nSPS) is 10.6. The van der Waals surface area contributed by atoms with Gasteiger partial charge >= 0.3 is 0 Å². The maximum atomic E-state index is 12.1. The Morgan fingerprint density at radius 3 is 2.26 bits per heavy atom. The highest BCUT2D eigenvalue weighted by Crippen LogP contribution is 2.06. The van der Waals surface area contributed by atoms with Crippen LogP contribution in [0.4, 0.5) is 0 Å². The zero-order chi connectivity index (χ0) is 19.5. The first kappa shape index (κ1) is 20.6. The average molecular weight is 367 g/mol. The summed E-state index contributed by atoms with van der Waals surface area (Å²) in [6.07, 6.45) is 2.13. The number of benzene rings is 2. The van der Waals surface area contributed by atoms with E-state index in [0.29, 0.717) is 25.1 Å². The van der Waals surface area contributed by atoms with E-state index in [1.807, 2.05) is 56.6 Å². The van der Waals surface area contributed by atoms with Crippen LogP contribution in [-0.4, -0.2) is 43.9 Å². The minimum atomic E-state index is -0.0628. The highest BCUT2D eigenvalue weighted by atomic mass is 16.2. The Kier molecular flexibility index (Phi) is 8.52. The number of amides is 2. The second-order valence-corrected chi connectivity index (χ2v) is 6.87. The molecule has 0 saturated carbocycles. The molecule has 5 nitrogen and oxygen atoms in total. The van der Waals surface area contributed by atoms with Gasteiger partial charge in [-0.1, -0.05) is 42.5 Å². The van der Waals surface area contributed by atoms with Gasteiger partial charge in [0.25, 0.3) is 5.91 Å². The number of rotatable bonds is 10. The third-order valence-corrected chi connectivity index (χ3v) is 4.26. The highest BCUT2D eigenvalue weighted by molar-refractivity contribution is 5.94. The van der Waals surface area contributed by atoms with Gasteiger partial charge in [0.1, 0.15) is 0 Å². The van der Waals surface area contributed by atoms with E-state index >= 15 is 0 Å². The van der Waals surface area contributed by atoms with E-state index in [1.54, 1.807) is 12.1 Å². The highest BCUT2D eigenvalue weighted by Gasteiger charge is 2.06. The van der Waals surface area contributed by atoms with Gasteiger partial charge in [-0.2, -0.15) is 0 Å². The molecule has 144 valence electrons. The summed E-state index contributed by atoms with van der Waals surface area (Å²) < 4.78 is 0. The van der Waals surface area contributed by atoms with Gasteiger partial charge in [-0.3, -0.25) is 9.59 Å². The summed E-state index contributed by atoms with van der Waals surface area (Å²) in [7, 11) is 4.03. The van der Waals surface area contributed by atoms with Crippen LogP contribution in [0.1, 0.15) is 34.3 Å². The molecule has 0 saturated heterocycles. The van der Waals surface area contributed by atoms with Crippen LogP contribution in [0.5, 0.6) is 0 Å². The van der Waals surface area contributed by atoms with Crippen molar-refractivity contribution in [1.82, 2.24) is 15.5 Å². The van der Waals surface area contributed by atoms with E-state index < -0.39 is 0 Å². The second-order valence-electron chi connectivity index (χ2n) is 6.87. The lowest BCUT2D eigenvalue weighted by atomic mass is 10.1. The SMILES string of the molecule is CN(C)CCCNC(=O)c1ccc(CNC(=O)CCc2ccccc2)cc1. The van der Waals surface area contributed by atoms with Gasteiger partial charge in [-0.25, -0.2) is 0 Å². The molecule has 0 aliphatic carbocycles. The first-order chi connectivity index (χ1) is 13.0. The van der Waals surface area contributed by atoms with Crippen LogP contribution in [0.25, 0.3) is 0 Å². The molecule has 0 aliphatic rings. The van der Waals surface area contributed by atoms with Crippen LogP contribution in [0.15, 0.2) is 54.6 Å². The van der Waals surface area contributed by atoms with E-state index in [2.05, 4.69) is 15.5 Å². The number of nitrogens with zero attached hydrogens (tertiary/aromatic N) is 1. The van der Waals surface area contributed by atoms with Crippen molar-refractivity contribution < 1.29 is 9.59 Å². The van der Waals surface area contributed by atoms with E-state index in [0.717, 1.165) is 30.5 Å². The predicted octanol–water partition coefficient (Wildman–Crippen LogP) is 2.62. The van der Waals surface area contributed by atoms with Crippen molar-refractivity contribution in [2.45, 2.75) is 25.8 Å². The zero-order valence-corrected chi connectivity index (χ0v) is 16.2. The van der Waals surface area contributed by atoms with Crippen LogP contribution in [0, 0.1) is 0 Å². The van der Waals surface area contributed by atoms with Crippen molar-refractivity contribution in [3.63, 3.8) is 0 Å². The topological polar surface area (TPSA) is 61.4 Å². The van der Waals surface area contributed by atoms with Crippen molar-refractivity contribution in [2.75, 3.05) is 27.2 Å². The summed E-state index contributed by atoms with van der Waals surface area (Å²) in [6, 6.07) is 17.3. The molecule has 0 aliphatic heterocycles. The van der Waals surface area contributed by atoms with Crippen molar-refractivity contribution in [3.8, 4) is 0 Å². The lowest BCUT2D eigenvalue weighted by molar-refractivity contribution is -0.121. The quantitative estimate of drug-likeness (QED) is 0.635. The third-order valence-electron chi connectivity index (χ3n) is 4.26. The summed E-state index contributed by atoms with van der Waals surface area (Å²) in [5.41, 5.74) is 2.78. The molecule has 0 aromatic heterocycles. The summed E-state index contributed by atoms with van der Waals surface area (Å²) in [6.45, 7) is 2.08. The largest absolute Gasteiger partial charge is 0.352 e. The lowest BCUT2D eigenvalue weighted by Gasteiger charge is -2.10. The van der Waals surface area contributed by atoms with Gasteiger partial charge in [0.2, 0.25) is 5.91 Å². The number of carbonyl (C=O) groups excluding carboxylic acids is 2. The van der Waals surface area contributed by atoms with Crippen LogP contribution in [-0.2, 0) is 17.8 Å². The Labute approximate surface area is 161 Å². The van der Waals surface area contributed by atoms with Gasteiger partial charge in [0.05, 0.1) is 0 Å². The monoisotopic (exact) mass is 367 g/mol. The standard InChI is InChI=1S/C22H29N3O2/c1-25(2)16-6-15-23-22(27)20-12-9-19(10-13-20)17-24-21(26)14-11-18-7-4-3-5-8-18/h3-5,7-10,12-13H,6,11,14-17H2,1-2H3,(H,23,27)(H,24,26). The van der Waals surface area contributed by atoms with Crippen LogP contribution < -0.4 is 10.6 Å². The molecule has 0 radical (unpaired) electrons. The zero-order valence-electron chi connectivity index (χ0n) is 16.2. The summed E-state index contributed by atoms with van der Waals surface area (Å²) in [5.74, 6) is -0.0335. The van der Waals surface area contributed by atoms with E-state index in [9.17, 15) is 9.59 Å². The summed E-state index contributed by atoms with van der Waals surface area (Å²) in [5, 5.41) is 5.85. The van der Waals surface area contributed by atoms with Crippen molar-refractivity contribution in [3.05, 3.63) is 71.3 Å². The number of nitrogens with one attached hydrogen (secondary N) is 2. The predicted molar refractivity (Wildman–Crippen MR) is 109 cm³/mol. The maximum absolute atomic E-state index is 12.1. The Hall–Kier alpha value is -2.66. The van der Waals surface area contributed by atoms with Crippen molar-refractivity contribution in [2.24, 2.45) is 0 Å². The van der Waals surface area contributed by atoms with Gasteiger partial charge in [-0.05, 0) is 56.7 Å². The van der Waals surface area contributed by atoms with Crippen LogP contribution in [0.3, 0.4) is 0 Å². The number of hydrogen-bond acceptors (Lipinski definition) is 3. The molecule has 2 aromatic carbocycles. The third kappa shape index (κ3) is 8.05. The average Bonchev–Trinajstić information content (AvgIpc) is 2.69. The summed E-state index contributed by atoms with van der Waals surface area (Å²) in [4.78, 5) is 26.2. The smallest absolute Gasteiger partial charge is 0.251 e. The van der Waals surface area contributed by atoms with Crippen LogP contribution >= 0.6 is 0 Å². The molecule has 2 rings (SSSR count). The minimum Gasteiger partial charge on any atom is -0.352 e. The van der Waals surface area contributed by atoms with Gasteiger partial charge in [0, 0.05) is 25.1 Å². The number of aryl methyl sites for hydroxylation is 1. The van der Waals surface area contributed by atoms with Gasteiger partial charge in [-0.15, -0.1) is 0 Å². The first-order valence-corrected chi connectivity index (χ1v) is 9.37. The van der Waals surface area contributed by atoms with Crippen molar-refractivity contribution >= 4 is 11.8 Å². The molecule has 0 spiro atoms. The van der Waals surface area contributed by atoms with E-state index in [-0.39, 0.29) is 11.8 Å². The Morgan fingerprint density at radius 2 is 1.59 bits per heavy atom. The molecular weight excluding hydrogens is 338 g/mol. The molecule has 0 unspecified atom stereocenters. The van der Waals surface area contributed by atoms with Crippen LogP contribution in [0.2, 0.25) is 0 Å². The minimum absolute atomic E-state index is 0.0292. The molecule has 2 aromatic rings. The molecule has 0 fully saturated rings. The molecule has 27 heavy (non-hydrogen) atoms. The molecular formula is C22H29N3O2. The number of hydrogen-bond donors (Lipinski definition) is 2. The fraction of sp³-hybridized carbons (Fsp3) is 0.364. The Bertz CT molecular complexity index is 712. The van der Waals surface area contributed by atoms with E-state index in [4.69, 9.17) is 0 Å². The molecule has 0 heterocycles. The van der Waals surface area contributed by atoms with Gasteiger partial charge in [0.15, 0.2) is 0 Å². The molecule has 0 bridgehead atoms. The maximum Gasteiger partial charge on any atom is 0.251 e. The lowest BCUT2D eigenvalue weighted by Crippen LogP contribution is -2.27. The van der Waals surface area contributed by atoms with E-state index in [1.165, 1.54) is 0 Å². The fourth-order valence-corrected chi connectivity index (χ4v) is 2.66. The fourth-order valence-electron chi connectivity index (χ4n) is 2.66. The molecule has 2 N–H and O–H groups in total. The second kappa shape index (κ2) is 11.1. The molecule has 5 heteroatoms. The Morgan fingerprint density at radius 1 is 0.889 bits per heavy atom. The first-order valence-electron chi connectivity index (χ1n) is 9.37. The van der Waals surface area contributed by atoms with Gasteiger partial charge < -0.3 is 15.5 Å². The Balaban J connectivity index is 1.70. The molecule has 0 atom stereocenters.